The van der Waals surface area contributed by atoms with Crippen LogP contribution in [0, 0.1) is 0 Å². The van der Waals surface area contributed by atoms with E-state index in [0.717, 1.165) is 44.4 Å². The monoisotopic (exact) mass is 328 g/mol. The summed E-state index contributed by atoms with van der Waals surface area (Å²) in [5, 5.41) is 4.10. The van der Waals surface area contributed by atoms with Crippen LogP contribution in [0.15, 0.2) is 35.4 Å². The van der Waals surface area contributed by atoms with Gasteiger partial charge < -0.3 is 4.90 Å². The Hall–Kier alpha value is -2.28. The van der Waals surface area contributed by atoms with Gasteiger partial charge in [0.25, 0.3) is 5.56 Å². The molecule has 1 aliphatic rings. The second-order valence-electron chi connectivity index (χ2n) is 6.34. The lowest BCUT2D eigenvalue weighted by Gasteiger charge is -2.35. The predicted molar refractivity (Wildman–Crippen MR) is 93.3 cm³/mol. The van der Waals surface area contributed by atoms with Gasteiger partial charge in [-0.25, -0.2) is 14.6 Å². The van der Waals surface area contributed by atoms with Crippen molar-refractivity contribution in [2.75, 3.05) is 37.6 Å². The van der Waals surface area contributed by atoms with E-state index in [1.807, 2.05) is 12.3 Å². The van der Waals surface area contributed by atoms with Crippen molar-refractivity contribution in [2.45, 2.75) is 26.3 Å². The molecule has 7 nitrogen and oxygen atoms in total. The average Bonchev–Trinajstić information content (AvgIpc) is 2.61. The Bertz CT molecular complexity index is 721. The highest BCUT2D eigenvalue weighted by Gasteiger charge is 2.18. The molecule has 3 heterocycles. The van der Waals surface area contributed by atoms with Crippen molar-refractivity contribution >= 4 is 5.82 Å². The van der Waals surface area contributed by atoms with Crippen LogP contribution in [0.1, 0.15) is 25.6 Å². The molecule has 3 rings (SSSR count). The van der Waals surface area contributed by atoms with E-state index in [1.54, 1.807) is 18.3 Å². The highest BCUT2D eigenvalue weighted by atomic mass is 16.1. The second-order valence-corrected chi connectivity index (χ2v) is 6.34. The van der Waals surface area contributed by atoms with Gasteiger partial charge in [0, 0.05) is 57.1 Å². The van der Waals surface area contributed by atoms with Crippen molar-refractivity contribution in [1.29, 1.82) is 0 Å². The first-order chi connectivity index (χ1) is 11.6. The number of hydrogen-bond donors (Lipinski definition) is 0. The Balaban J connectivity index is 1.53. The number of aromatic nitrogens is 4. The maximum atomic E-state index is 11.7. The standard InChI is InChI=1S/C17H24N6O/c1-14(2)17-18-7-5-15(20-17)22-11-8-21(9-12-22)10-13-23-16(24)4-3-6-19-23/h3-7,14H,8-13H2,1-2H3. The summed E-state index contributed by atoms with van der Waals surface area (Å²) in [6, 6.07) is 5.20. The van der Waals surface area contributed by atoms with E-state index in [4.69, 9.17) is 0 Å². The first-order valence-corrected chi connectivity index (χ1v) is 8.46. The third kappa shape index (κ3) is 3.97. The van der Waals surface area contributed by atoms with Crippen LogP contribution in [-0.2, 0) is 6.54 Å². The van der Waals surface area contributed by atoms with E-state index in [0.29, 0.717) is 12.5 Å². The second kappa shape index (κ2) is 7.53. The van der Waals surface area contributed by atoms with Crippen LogP contribution in [0.25, 0.3) is 0 Å². The summed E-state index contributed by atoms with van der Waals surface area (Å²) in [5.41, 5.74) is -0.0432. The fourth-order valence-electron chi connectivity index (χ4n) is 2.81. The zero-order valence-electron chi connectivity index (χ0n) is 14.3. The molecule has 2 aromatic rings. The normalized spacial score (nSPS) is 15.9. The molecule has 0 radical (unpaired) electrons. The molecule has 1 saturated heterocycles. The maximum Gasteiger partial charge on any atom is 0.266 e. The minimum absolute atomic E-state index is 0.0432. The van der Waals surface area contributed by atoms with E-state index in [2.05, 4.69) is 38.7 Å². The molecule has 128 valence electrons. The molecule has 24 heavy (non-hydrogen) atoms. The van der Waals surface area contributed by atoms with Crippen LogP contribution in [0.4, 0.5) is 5.82 Å². The largest absolute Gasteiger partial charge is 0.354 e. The van der Waals surface area contributed by atoms with Crippen molar-refractivity contribution in [3.8, 4) is 0 Å². The lowest BCUT2D eigenvalue weighted by atomic mass is 10.2. The van der Waals surface area contributed by atoms with Crippen LogP contribution in [-0.4, -0.2) is 57.4 Å². The van der Waals surface area contributed by atoms with Crippen molar-refractivity contribution < 1.29 is 0 Å². The smallest absolute Gasteiger partial charge is 0.266 e. The van der Waals surface area contributed by atoms with Gasteiger partial charge in [-0.15, -0.1) is 0 Å². The molecule has 7 heteroatoms. The van der Waals surface area contributed by atoms with E-state index in [-0.39, 0.29) is 5.56 Å². The Morgan fingerprint density at radius 1 is 1.08 bits per heavy atom. The van der Waals surface area contributed by atoms with Gasteiger partial charge in [0.2, 0.25) is 0 Å². The van der Waals surface area contributed by atoms with Crippen molar-refractivity contribution in [3.05, 3.63) is 46.8 Å². The topological polar surface area (TPSA) is 67.2 Å². The molecular formula is C17H24N6O. The lowest BCUT2D eigenvalue weighted by Crippen LogP contribution is -2.48. The number of nitrogens with zero attached hydrogens (tertiary/aromatic N) is 6. The van der Waals surface area contributed by atoms with Crippen LogP contribution < -0.4 is 10.5 Å². The van der Waals surface area contributed by atoms with E-state index in [1.165, 1.54) is 4.68 Å². The zero-order chi connectivity index (χ0) is 16.9. The van der Waals surface area contributed by atoms with Gasteiger partial charge in [-0.05, 0) is 12.1 Å². The molecular weight excluding hydrogens is 304 g/mol. The van der Waals surface area contributed by atoms with Crippen LogP contribution >= 0.6 is 0 Å². The number of rotatable bonds is 5. The fraction of sp³-hybridized carbons (Fsp3) is 0.529. The summed E-state index contributed by atoms with van der Waals surface area (Å²) >= 11 is 0. The molecule has 0 unspecified atom stereocenters. The van der Waals surface area contributed by atoms with Crippen molar-refractivity contribution in [3.63, 3.8) is 0 Å². The van der Waals surface area contributed by atoms with Gasteiger partial charge in [-0.2, -0.15) is 5.10 Å². The summed E-state index contributed by atoms with van der Waals surface area (Å²) < 4.78 is 1.52. The van der Waals surface area contributed by atoms with E-state index in [9.17, 15) is 4.79 Å². The van der Waals surface area contributed by atoms with Gasteiger partial charge >= 0.3 is 0 Å². The molecule has 0 aromatic carbocycles. The summed E-state index contributed by atoms with van der Waals surface area (Å²) in [7, 11) is 0. The average molecular weight is 328 g/mol. The molecule has 0 spiro atoms. The Morgan fingerprint density at radius 3 is 2.58 bits per heavy atom. The quantitative estimate of drug-likeness (QED) is 0.815. The summed E-state index contributed by atoms with van der Waals surface area (Å²) in [6.07, 6.45) is 3.50. The minimum Gasteiger partial charge on any atom is -0.354 e. The van der Waals surface area contributed by atoms with Gasteiger partial charge in [0.15, 0.2) is 0 Å². The highest BCUT2D eigenvalue weighted by Crippen LogP contribution is 2.16. The summed E-state index contributed by atoms with van der Waals surface area (Å²) in [5.74, 6) is 2.24. The molecule has 2 aromatic heterocycles. The first kappa shape index (κ1) is 16.6. The molecule has 1 aliphatic heterocycles. The third-order valence-electron chi connectivity index (χ3n) is 4.29. The summed E-state index contributed by atoms with van der Waals surface area (Å²) in [6.45, 7) is 9.48. The number of anilines is 1. The third-order valence-corrected chi connectivity index (χ3v) is 4.29. The minimum atomic E-state index is -0.0432. The lowest BCUT2D eigenvalue weighted by molar-refractivity contribution is 0.242. The first-order valence-electron chi connectivity index (χ1n) is 8.46. The molecule has 0 amide bonds. The predicted octanol–water partition coefficient (Wildman–Crippen LogP) is 0.979. The summed E-state index contributed by atoms with van der Waals surface area (Å²) in [4.78, 5) is 25.3. The maximum absolute atomic E-state index is 11.7. The molecule has 0 saturated carbocycles. The highest BCUT2D eigenvalue weighted by molar-refractivity contribution is 5.38. The number of piperazine rings is 1. The zero-order valence-corrected chi connectivity index (χ0v) is 14.3. The van der Waals surface area contributed by atoms with E-state index < -0.39 is 0 Å². The fourth-order valence-corrected chi connectivity index (χ4v) is 2.81. The Morgan fingerprint density at radius 2 is 1.88 bits per heavy atom. The molecule has 0 atom stereocenters. The van der Waals surface area contributed by atoms with Gasteiger partial charge in [-0.3, -0.25) is 9.69 Å². The van der Waals surface area contributed by atoms with Crippen molar-refractivity contribution in [1.82, 2.24) is 24.6 Å². The van der Waals surface area contributed by atoms with Gasteiger partial charge in [0.1, 0.15) is 11.6 Å². The number of hydrogen-bond acceptors (Lipinski definition) is 6. The van der Waals surface area contributed by atoms with Crippen LogP contribution in [0.2, 0.25) is 0 Å². The molecule has 0 N–H and O–H groups in total. The molecule has 1 fully saturated rings. The Labute approximate surface area is 142 Å². The molecule has 0 bridgehead atoms. The SMILES string of the molecule is CC(C)c1nccc(N2CCN(CCn3ncccc3=O)CC2)n1. The van der Waals surface area contributed by atoms with Crippen LogP contribution in [0.5, 0.6) is 0 Å². The van der Waals surface area contributed by atoms with Gasteiger partial charge in [0.05, 0.1) is 6.54 Å². The van der Waals surface area contributed by atoms with E-state index >= 15 is 0 Å². The van der Waals surface area contributed by atoms with Crippen LogP contribution in [0.3, 0.4) is 0 Å². The van der Waals surface area contributed by atoms with Crippen molar-refractivity contribution in [2.24, 2.45) is 0 Å². The van der Waals surface area contributed by atoms with Gasteiger partial charge in [-0.1, -0.05) is 13.8 Å². The molecule has 0 aliphatic carbocycles. The Kier molecular flexibility index (Phi) is 5.20.